The van der Waals surface area contributed by atoms with Crippen molar-refractivity contribution in [3.05, 3.63) is 35.4 Å². The van der Waals surface area contributed by atoms with E-state index in [1.165, 1.54) is 0 Å². The summed E-state index contributed by atoms with van der Waals surface area (Å²) in [6.07, 6.45) is 1.32. The van der Waals surface area contributed by atoms with E-state index >= 15 is 0 Å². The fourth-order valence-electron chi connectivity index (χ4n) is 2.06. The zero-order chi connectivity index (χ0) is 18.3. The number of ether oxygens (including phenoxy) is 1. The predicted octanol–water partition coefficient (Wildman–Crippen LogP) is 3.68. The highest BCUT2D eigenvalue weighted by Gasteiger charge is 2.29. The number of pyridine rings is 1. The smallest absolute Gasteiger partial charge is 0.422 e. The Bertz CT molecular complexity index is 672. The van der Waals surface area contributed by atoms with Crippen LogP contribution in [0.3, 0.4) is 0 Å². The van der Waals surface area contributed by atoms with E-state index in [1.807, 2.05) is 19.1 Å². The number of hydrogen-bond donors (Lipinski definition) is 1. The fraction of sp³-hybridized carbons (Fsp3) is 0.467. The summed E-state index contributed by atoms with van der Waals surface area (Å²) in [4.78, 5) is 15.2. The van der Waals surface area contributed by atoms with Crippen LogP contribution in [0.5, 0.6) is 6.01 Å². The summed E-state index contributed by atoms with van der Waals surface area (Å²) in [7, 11) is 0. The molecule has 0 aliphatic rings. The van der Waals surface area contributed by atoms with Crippen LogP contribution >= 0.6 is 11.6 Å². The van der Waals surface area contributed by atoms with Crippen molar-refractivity contribution >= 4 is 17.5 Å². The van der Waals surface area contributed by atoms with Crippen LogP contribution in [0, 0.1) is 0 Å². The largest absolute Gasteiger partial charge is 0.454 e. The quantitative estimate of drug-likeness (QED) is 0.758. The second-order valence-corrected chi connectivity index (χ2v) is 5.60. The van der Waals surface area contributed by atoms with Gasteiger partial charge in [0.1, 0.15) is 0 Å². The van der Waals surface area contributed by atoms with Crippen LogP contribution in [-0.4, -0.2) is 38.8 Å². The van der Waals surface area contributed by atoms with Gasteiger partial charge in [0, 0.05) is 18.4 Å². The molecule has 25 heavy (non-hydrogen) atoms. The zero-order valence-corrected chi connectivity index (χ0v) is 14.2. The van der Waals surface area contributed by atoms with Crippen molar-refractivity contribution in [1.82, 2.24) is 19.9 Å². The second-order valence-electron chi connectivity index (χ2n) is 5.26. The summed E-state index contributed by atoms with van der Waals surface area (Å²) in [5, 5.41) is 2.82. The number of aromatic nitrogens is 4. The summed E-state index contributed by atoms with van der Waals surface area (Å²) in [6.45, 7) is 0.486. The van der Waals surface area contributed by atoms with Crippen molar-refractivity contribution < 1.29 is 17.9 Å². The molecule has 2 aromatic rings. The lowest BCUT2D eigenvalue weighted by molar-refractivity contribution is -0.154. The lowest BCUT2D eigenvalue weighted by Crippen LogP contribution is -2.23. The molecule has 136 valence electrons. The van der Waals surface area contributed by atoms with Gasteiger partial charge >= 0.3 is 12.2 Å². The Morgan fingerprint density at radius 2 is 1.92 bits per heavy atom. The minimum absolute atomic E-state index is 0.0158. The lowest BCUT2D eigenvalue weighted by atomic mass is 10.0. The molecule has 0 amide bonds. The van der Waals surface area contributed by atoms with Gasteiger partial charge in [-0.15, -0.1) is 0 Å². The summed E-state index contributed by atoms with van der Waals surface area (Å²) < 4.78 is 41.2. The van der Waals surface area contributed by atoms with Crippen molar-refractivity contribution in [2.45, 2.75) is 38.4 Å². The van der Waals surface area contributed by atoms with E-state index in [1.54, 1.807) is 12.4 Å². The number of aryl methyl sites for hydroxylation is 1. The molecule has 0 spiro atoms. The van der Waals surface area contributed by atoms with Crippen LogP contribution in [0.25, 0.3) is 0 Å². The summed E-state index contributed by atoms with van der Waals surface area (Å²) in [5.74, 6) is 0.0822. The molecule has 0 fully saturated rings. The molecule has 10 heteroatoms. The maximum absolute atomic E-state index is 12.2. The van der Waals surface area contributed by atoms with E-state index in [4.69, 9.17) is 11.6 Å². The number of nitrogens with one attached hydrogen (secondary N) is 1. The maximum Gasteiger partial charge on any atom is 0.422 e. The first-order valence-corrected chi connectivity index (χ1v) is 8.00. The molecular weight excluding hydrogens is 359 g/mol. The number of rotatable bonds is 8. The van der Waals surface area contributed by atoms with Gasteiger partial charge in [0.05, 0.1) is 0 Å². The normalized spacial score (nSPS) is 12.7. The molecule has 2 rings (SSSR count). The van der Waals surface area contributed by atoms with E-state index < -0.39 is 18.8 Å². The Kier molecular flexibility index (Phi) is 6.74. The Morgan fingerprint density at radius 3 is 2.56 bits per heavy atom. The molecule has 1 unspecified atom stereocenters. The molecule has 1 N–H and O–H groups in total. The average Bonchev–Trinajstić information content (AvgIpc) is 2.56. The number of nitrogens with zero attached hydrogens (tertiary/aromatic N) is 4. The van der Waals surface area contributed by atoms with Crippen LogP contribution in [-0.2, 0) is 6.42 Å². The van der Waals surface area contributed by atoms with Crippen LogP contribution in [0.1, 0.15) is 25.3 Å². The van der Waals surface area contributed by atoms with E-state index in [0.717, 1.165) is 24.8 Å². The molecule has 0 saturated carbocycles. The number of alkyl halides is 3. The fourth-order valence-corrected chi connectivity index (χ4v) is 2.21. The third-order valence-corrected chi connectivity index (χ3v) is 3.48. The van der Waals surface area contributed by atoms with Gasteiger partial charge in [0.25, 0.3) is 0 Å². The zero-order valence-electron chi connectivity index (χ0n) is 13.4. The van der Waals surface area contributed by atoms with Crippen molar-refractivity contribution in [3.63, 3.8) is 0 Å². The Morgan fingerprint density at radius 1 is 1.20 bits per heavy atom. The van der Waals surface area contributed by atoms with Crippen LogP contribution in [0.2, 0.25) is 5.28 Å². The first kappa shape index (κ1) is 19.2. The van der Waals surface area contributed by atoms with Crippen LogP contribution in [0.15, 0.2) is 24.5 Å². The van der Waals surface area contributed by atoms with Crippen molar-refractivity contribution in [2.24, 2.45) is 0 Å². The second kappa shape index (κ2) is 8.80. The van der Waals surface area contributed by atoms with Gasteiger partial charge in [-0.2, -0.15) is 28.1 Å². The van der Waals surface area contributed by atoms with E-state index in [0.29, 0.717) is 0 Å². The molecule has 0 aliphatic carbocycles. The Hall–Kier alpha value is -2.16. The van der Waals surface area contributed by atoms with Gasteiger partial charge in [0.15, 0.2) is 6.61 Å². The van der Waals surface area contributed by atoms with Crippen molar-refractivity contribution in [2.75, 3.05) is 11.9 Å². The third-order valence-electron chi connectivity index (χ3n) is 3.31. The first-order chi connectivity index (χ1) is 11.9. The van der Waals surface area contributed by atoms with Gasteiger partial charge in [0.2, 0.25) is 11.2 Å². The number of halogens is 4. The summed E-state index contributed by atoms with van der Waals surface area (Å²) in [5.41, 5.74) is 1.14. The van der Waals surface area contributed by atoms with Gasteiger partial charge in [-0.1, -0.05) is 6.92 Å². The van der Waals surface area contributed by atoms with Gasteiger partial charge in [-0.05, 0) is 48.6 Å². The molecule has 0 radical (unpaired) electrons. The molecule has 0 saturated heterocycles. The summed E-state index contributed by atoms with van der Waals surface area (Å²) in [6, 6.07) is 3.40. The monoisotopic (exact) mass is 375 g/mol. The summed E-state index contributed by atoms with van der Waals surface area (Å²) >= 11 is 5.73. The highest BCUT2D eigenvalue weighted by molar-refractivity contribution is 6.28. The predicted molar refractivity (Wildman–Crippen MR) is 86.6 cm³/mol. The van der Waals surface area contributed by atoms with E-state index in [-0.39, 0.29) is 17.3 Å². The van der Waals surface area contributed by atoms with Gasteiger partial charge < -0.3 is 10.1 Å². The average molecular weight is 376 g/mol. The third kappa shape index (κ3) is 7.08. The minimum Gasteiger partial charge on any atom is -0.454 e. The van der Waals surface area contributed by atoms with Gasteiger partial charge in [-0.3, -0.25) is 4.98 Å². The lowest BCUT2D eigenvalue weighted by Gasteiger charge is -2.17. The number of anilines is 1. The number of hydrogen-bond acceptors (Lipinski definition) is 6. The highest BCUT2D eigenvalue weighted by Crippen LogP contribution is 2.19. The topological polar surface area (TPSA) is 72.8 Å². The standard InChI is InChI=1S/C15H17ClF3N5O/c1-2-11(4-3-10-5-7-20-8-6-10)21-13-22-12(16)23-14(24-13)25-9-15(17,18)19/h5-8,11H,2-4,9H2,1H3,(H,21,22,23,24). The van der Waals surface area contributed by atoms with Gasteiger partial charge in [-0.25, -0.2) is 0 Å². The molecule has 2 aromatic heterocycles. The first-order valence-electron chi connectivity index (χ1n) is 7.62. The molecule has 1 atom stereocenters. The Balaban J connectivity index is 1.97. The molecule has 0 bridgehead atoms. The molecule has 0 aromatic carbocycles. The Labute approximate surface area is 147 Å². The molecule has 6 nitrogen and oxygen atoms in total. The molecular formula is C15H17ClF3N5O. The van der Waals surface area contributed by atoms with Crippen molar-refractivity contribution in [3.8, 4) is 6.01 Å². The van der Waals surface area contributed by atoms with Crippen molar-refractivity contribution in [1.29, 1.82) is 0 Å². The molecule has 2 heterocycles. The highest BCUT2D eigenvalue weighted by atomic mass is 35.5. The van der Waals surface area contributed by atoms with E-state index in [2.05, 4.69) is 30.0 Å². The van der Waals surface area contributed by atoms with E-state index in [9.17, 15) is 13.2 Å². The minimum atomic E-state index is -4.48. The van der Waals surface area contributed by atoms with Crippen LogP contribution in [0.4, 0.5) is 19.1 Å². The van der Waals surface area contributed by atoms with Crippen LogP contribution < -0.4 is 10.1 Å². The molecule has 0 aliphatic heterocycles. The SMILES string of the molecule is CCC(CCc1ccncc1)Nc1nc(Cl)nc(OCC(F)(F)F)n1. The maximum atomic E-state index is 12.2.